The van der Waals surface area contributed by atoms with Gasteiger partial charge in [0.25, 0.3) is 0 Å². The molecule has 0 amide bonds. The molecule has 4 nitrogen and oxygen atoms in total. The zero-order valence-corrected chi connectivity index (χ0v) is 9.67. The first-order valence-corrected chi connectivity index (χ1v) is 6.43. The molecule has 1 aromatic rings. The van der Waals surface area contributed by atoms with Crippen LogP contribution in [0.15, 0.2) is 18.2 Å². The third kappa shape index (κ3) is 3.13. The predicted octanol–water partition coefficient (Wildman–Crippen LogP) is 1.21. The smallest absolute Gasteiger partial charge is 0.154 e. The Kier molecular flexibility index (Phi) is 3.57. The van der Waals surface area contributed by atoms with E-state index >= 15 is 0 Å². The molecule has 0 aliphatic rings. The van der Waals surface area contributed by atoms with Crippen LogP contribution in [0.2, 0.25) is 0 Å². The van der Waals surface area contributed by atoms with E-state index in [0.717, 1.165) is 0 Å². The number of methoxy groups -OCH3 is 1. The summed E-state index contributed by atoms with van der Waals surface area (Å²) in [4.78, 5) is 0. The van der Waals surface area contributed by atoms with Crippen molar-refractivity contribution >= 4 is 15.5 Å². The molecule has 0 unspecified atom stereocenters. The molecule has 1 aromatic carbocycles. The van der Waals surface area contributed by atoms with Crippen LogP contribution in [0.3, 0.4) is 0 Å². The molecular weight excluding hydrogens is 214 g/mol. The van der Waals surface area contributed by atoms with Crippen LogP contribution in [0, 0.1) is 0 Å². The first-order chi connectivity index (χ1) is 6.98. The predicted molar refractivity (Wildman–Crippen MR) is 60.6 cm³/mol. The number of anilines is 1. The molecule has 0 aliphatic heterocycles. The van der Waals surface area contributed by atoms with Gasteiger partial charge in [0.05, 0.1) is 12.9 Å². The standard InChI is InChI=1S/C10H15NO3S/c1-3-15(12,13)7-8-4-5-9(11)6-10(8)14-2/h4-6H,3,7,11H2,1-2H3. The van der Waals surface area contributed by atoms with Gasteiger partial charge >= 0.3 is 0 Å². The van der Waals surface area contributed by atoms with Gasteiger partial charge in [0.2, 0.25) is 0 Å². The summed E-state index contributed by atoms with van der Waals surface area (Å²) in [6.07, 6.45) is 0. The number of ether oxygens (including phenoxy) is 1. The molecule has 2 N–H and O–H groups in total. The highest BCUT2D eigenvalue weighted by Gasteiger charge is 2.12. The van der Waals surface area contributed by atoms with Crippen LogP contribution >= 0.6 is 0 Å². The zero-order chi connectivity index (χ0) is 11.5. The highest BCUT2D eigenvalue weighted by molar-refractivity contribution is 7.90. The number of nitrogens with two attached hydrogens (primary N) is 1. The van der Waals surface area contributed by atoms with Gasteiger partial charge in [-0.05, 0) is 6.07 Å². The maximum atomic E-state index is 11.4. The fourth-order valence-electron chi connectivity index (χ4n) is 1.22. The Morgan fingerprint density at radius 2 is 2.07 bits per heavy atom. The van der Waals surface area contributed by atoms with E-state index in [4.69, 9.17) is 10.5 Å². The first kappa shape index (κ1) is 11.8. The summed E-state index contributed by atoms with van der Waals surface area (Å²) in [5.74, 6) is 0.639. The third-order valence-corrected chi connectivity index (χ3v) is 3.76. The summed E-state index contributed by atoms with van der Waals surface area (Å²) in [5, 5.41) is 0. The Labute approximate surface area is 90.0 Å². The summed E-state index contributed by atoms with van der Waals surface area (Å²) in [6.45, 7) is 1.62. The van der Waals surface area contributed by atoms with Crippen molar-refractivity contribution in [3.05, 3.63) is 23.8 Å². The molecule has 1 rings (SSSR count). The van der Waals surface area contributed by atoms with Gasteiger partial charge in [0.1, 0.15) is 5.75 Å². The van der Waals surface area contributed by atoms with Crippen molar-refractivity contribution in [1.29, 1.82) is 0 Å². The highest BCUT2D eigenvalue weighted by Crippen LogP contribution is 2.23. The third-order valence-electron chi connectivity index (χ3n) is 2.13. The summed E-state index contributed by atoms with van der Waals surface area (Å²) in [7, 11) is -1.54. The number of rotatable bonds is 4. The average Bonchev–Trinajstić information content (AvgIpc) is 2.20. The van der Waals surface area contributed by atoms with Crippen LogP contribution in [0.5, 0.6) is 5.75 Å². The van der Waals surface area contributed by atoms with E-state index < -0.39 is 9.84 Å². The van der Waals surface area contributed by atoms with Crippen molar-refractivity contribution in [3.8, 4) is 5.75 Å². The highest BCUT2D eigenvalue weighted by atomic mass is 32.2. The van der Waals surface area contributed by atoms with Crippen molar-refractivity contribution in [2.75, 3.05) is 18.6 Å². The molecule has 0 fully saturated rings. The molecule has 0 aliphatic carbocycles. The lowest BCUT2D eigenvalue weighted by Gasteiger charge is -2.08. The molecule has 5 heteroatoms. The van der Waals surface area contributed by atoms with Gasteiger partial charge in [-0.1, -0.05) is 13.0 Å². The number of benzene rings is 1. The van der Waals surface area contributed by atoms with Crippen LogP contribution in [0.4, 0.5) is 5.69 Å². The number of hydrogen-bond acceptors (Lipinski definition) is 4. The van der Waals surface area contributed by atoms with Crippen molar-refractivity contribution in [1.82, 2.24) is 0 Å². The largest absolute Gasteiger partial charge is 0.496 e. The zero-order valence-electron chi connectivity index (χ0n) is 8.86. The average molecular weight is 229 g/mol. The van der Waals surface area contributed by atoms with Gasteiger partial charge in [-0.2, -0.15) is 0 Å². The molecule has 84 valence electrons. The second-order valence-corrected chi connectivity index (χ2v) is 5.60. The number of nitrogen functional groups attached to an aromatic ring is 1. The molecular formula is C10H15NO3S. The van der Waals surface area contributed by atoms with Crippen molar-refractivity contribution in [2.24, 2.45) is 0 Å². The molecule has 0 aromatic heterocycles. The maximum absolute atomic E-state index is 11.4. The minimum atomic E-state index is -3.04. The van der Waals surface area contributed by atoms with E-state index in [1.165, 1.54) is 7.11 Å². The van der Waals surface area contributed by atoms with Gasteiger partial charge in [-0.25, -0.2) is 8.42 Å². The fourth-order valence-corrected chi connectivity index (χ4v) is 2.14. The summed E-state index contributed by atoms with van der Waals surface area (Å²) < 4.78 is 27.9. The lowest BCUT2D eigenvalue weighted by atomic mass is 10.2. The minimum Gasteiger partial charge on any atom is -0.496 e. The summed E-state index contributed by atoms with van der Waals surface area (Å²) in [6, 6.07) is 4.98. The van der Waals surface area contributed by atoms with Gasteiger partial charge in [0, 0.05) is 23.1 Å². The lowest BCUT2D eigenvalue weighted by molar-refractivity contribution is 0.411. The molecule has 0 heterocycles. The van der Waals surface area contributed by atoms with Crippen molar-refractivity contribution in [3.63, 3.8) is 0 Å². The van der Waals surface area contributed by atoms with Gasteiger partial charge in [0.15, 0.2) is 9.84 Å². The maximum Gasteiger partial charge on any atom is 0.154 e. The van der Waals surface area contributed by atoms with E-state index in [9.17, 15) is 8.42 Å². The minimum absolute atomic E-state index is 0.00699. The molecule has 0 radical (unpaired) electrons. The Morgan fingerprint density at radius 1 is 1.40 bits per heavy atom. The second-order valence-electron chi connectivity index (χ2n) is 3.25. The van der Waals surface area contributed by atoms with Crippen LogP contribution in [0.25, 0.3) is 0 Å². The normalized spacial score (nSPS) is 11.3. The van der Waals surface area contributed by atoms with Gasteiger partial charge < -0.3 is 10.5 Å². The summed E-state index contributed by atoms with van der Waals surface area (Å²) >= 11 is 0. The Bertz CT molecular complexity index is 440. The number of sulfone groups is 1. The molecule has 0 saturated heterocycles. The van der Waals surface area contributed by atoms with E-state index in [1.807, 2.05) is 0 Å². The SMILES string of the molecule is CCS(=O)(=O)Cc1ccc(N)cc1OC. The van der Waals surface area contributed by atoms with E-state index in [1.54, 1.807) is 25.1 Å². The van der Waals surface area contributed by atoms with Crippen LogP contribution in [-0.2, 0) is 15.6 Å². The second kappa shape index (κ2) is 4.53. The quantitative estimate of drug-likeness (QED) is 0.788. The molecule has 0 atom stereocenters. The Morgan fingerprint density at radius 3 is 2.60 bits per heavy atom. The van der Waals surface area contributed by atoms with Gasteiger partial charge in [-0.15, -0.1) is 0 Å². The van der Waals surface area contributed by atoms with Gasteiger partial charge in [-0.3, -0.25) is 0 Å². The van der Waals surface area contributed by atoms with Crippen LogP contribution in [-0.4, -0.2) is 21.3 Å². The number of hydrogen-bond donors (Lipinski definition) is 1. The topological polar surface area (TPSA) is 69.4 Å². The Balaban J connectivity index is 3.05. The monoisotopic (exact) mass is 229 g/mol. The van der Waals surface area contributed by atoms with Crippen LogP contribution in [0.1, 0.15) is 12.5 Å². The molecule has 15 heavy (non-hydrogen) atoms. The molecule has 0 saturated carbocycles. The fraction of sp³-hybridized carbons (Fsp3) is 0.400. The Hall–Kier alpha value is -1.23. The molecule has 0 spiro atoms. The lowest BCUT2D eigenvalue weighted by Crippen LogP contribution is -2.07. The van der Waals surface area contributed by atoms with E-state index in [0.29, 0.717) is 17.0 Å². The van der Waals surface area contributed by atoms with E-state index in [2.05, 4.69) is 0 Å². The van der Waals surface area contributed by atoms with Crippen LogP contribution < -0.4 is 10.5 Å². The summed E-state index contributed by atoms with van der Waals surface area (Å²) in [5.41, 5.74) is 6.78. The molecule has 0 bridgehead atoms. The van der Waals surface area contributed by atoms with E-state index in [-0.39, 0.29) is 11.5 Å². The van der Waals surface area contributed by atoms with Crippen molar-refractivity contribution in [2.45, 2.75) is 12.7 Å². The first-order valence-electron chi connectivity index (χ1n) is 4.61. The van der Waals surface area contributed by atoms with Crippen molar-refractivity contribution < 1.29 is 13.2 Å².